The molecule has 7 heteroatoms. The number of hydrogen-bond donors (Lipinski definition) is 0. The van der Waals surface area contributed by atoms with Crippen molar-refractivity contribution in [2.24, 2.45) is 30.7 Å². The van der Waals surface area contributed by atoms with Gasteiger partial charge in [0.25, 0.3) is 0 Å². The van der Waals surface area contributed by atoms with Crippen LogP contribution in [0.15, 0.2) is 54.1 Å². The van der Waals surface area contributed by atoms with Crippen molar-refractivity contribution in [1.82, 2.24) is 9.55 Å². The molecule has 4 rings (SSSR count). The Balaban J connectivity index is 1.71. The number of imidazole rings is 1. The Labute approximate surface area is 207 Å². The number of rotatable bonds is 6. The molecule has 3 aliphatic rings. The summed E-state index contributed by atoms with van der Waals surface area (Å²) >= 11 is 0. The number of nitrogens with zero attached hydrogens (tertiary/aromatic N) is 2. The molecule has 3 heterocycles. The summed E-state index contributed by atoms with van der Waals surface area (Å²) in [7, 11) is 3.39. The second kappa shape index (κ2) is 9.86. The molecule has 0 saturated heterocycles. The van der Waals surface area contributed by atoms with Crippen molar-refractivity contribution in [3.8, 4) is 0 Å². The fourth-order valence-corrected chi connectivity index (χ4v) is 5.76. The van der Waals surface area contributed by atoms with Crippen LogP contribution in [-0.2, 0) is 26.1 Å². The van der Waals surface area contributed by atoms with Crippen LogP contribution in [0.1, 0.15) is 46.2 Å². The lowest BCUT2D eigenvalue weighted by atomic mass is 9.65. The van der Waals surface area contributed by atoms with Crippen LogP contribution in [0.3, 0.4) is 0 Å². The van der Waals surface area contributed by atoms with Gasteiger partial charge >= 0.3 is 5.97 Å². The molecule has 0 N–H and O–H groups in total. The molecule has 190 valence electrons. The van der Waals surface area contributed by atoms with Gasteiger partial charge in [-0.2, -0.15) is 0 Å². The Morgan fingerprint density at radius 2 is 2.17 bits per heavy atom. The Morgan fingerprint density at radius 1 is 1.40 bits per heavy atom. The number of allylic oxidation sites excluding steroid dienone is 3. The molecular formula is C28H37FN2O4. The normalized spacial score (nSPS) is 36.2. The number of carbonyl (C=O) groups excluding carboxylic acids is 1. The van der Waals surface area contributed by atoms with E-state index in [-0.39, 0.29) is 11.8 Å². The van der Waals surface area contributed by atoms with Crippen LogP contribution in [0.2, 0.25) is 0 Å². The van der Waals surface area contributed by atoms with Crippen molar-refractivity contribution < 1.29 is 23.4 Å². The lowest BCUT2D eigenvalue weighted by Gasteiger charge is -2.41. The number of alkyl halides is 1. The number of esters is 1. The van der Waals surface area contributed by atoms with E-state index in [0.717, 1.165) is 6.42 Å². The Morgan fingerprint density at radius 3 is 2.80 bits per heavy atom. The SMILES string of the molecule is CO[C@]12C=C[C@](C)(O1)[C@@H](OC(=O)/C=C/c1cn(C)cn1)C[C@H]1C(C)=CC[C@H](C(C)C)[C@H]1/C=C\2CF. The van der Waals surface area contributed by atoms with Crippen molar-refractivity contribution in [3.05, 3.63) is 59.7 Å². The predicted octanol–water partition coefficient (Wildman–Crippen LogP) is 5.19. The lowest BCUT2D eigenvalue weighted by molar-refractivity contribution is -0.226. The van der Waals surface area contributed by atoms with Crippen LogP contribution in [0.5, 0.6) is 0 Å². The number of aromatic nitrogens is 2. The molecule has 6 atom stereocenters. The van der Waals surface area contributed by atoms with Gasteiger partial charge in [0.1, 0.15) is 18.4 Å². The first kappa shape index (κ1) is 25.6. The van der Waals surface area contributed by atoms with E-state index in [1.54, 1.807) is 18.5 Å². The van der Waals surface area contributed by atoms with Gasteiger partial charge in [-0.1, -0.05) is 31.6 Å². The quantitative estimate of drug-likeness (QED) is 0.316. The third kappa shape index (κ3) is 4.94. The maximum Gasteiger partial charge on any atom is 0.331 e. The van der Waals surface area contributed by atoms with Crippen molar-refractivity contribution in [2.75, 3.05) is 13.8 Å². The van der Waals surface area contributed by atoms with E-state index >= 15 is 0 Å². The van der Waals surface area contributed by atoms with E-state index < -0.39 is 30.1 Å². The van der Waals surface area contributed by atoms with Crippen molar-refractivity contribution >= 4 is 12.0 Å². The molecule has 35 heavy (non-hydrogen) atoms. The number of ether oxygens (including phenoxy) is 3. The number of halogens is 1. The zero-order chi connectivity index (χ0) is 25.4. The molecule has 0 aromatic carbocycles. The number of hydrogen-bond acceptors (Lipinski definition) is 5. The molecular weight excluding hydrogens is 447 g/mol. The zero-order valence-electron chi connectivity index (χ0n) is 21.5. The van der Waals surface area contributed by atoms with E-state index in [0.29, 0.717) is 29.5 Å². The van der Waals surface area contributed by atoms with E-state index in [9.17, 15) is 9.18 Å². The summed E-state index contributed by atoms with van der Waals surface area (Å²) in [4.78, 5) is 17.2. The zero-order valence-corrected chi connectivity index (χ0v) is 21.5. The van der Waals surface area contributed by atoms with Crippen LogP contribution in [-0.4, -0.2) is 46.8 Å². The fourth-order valence-electron chi connectivity index (χ4n) is 5.76. The summed E-state index contributed by atoms with van der Waals surface area (Å²) in [5.74, 6) is -0.854. The highest BCUT2D eigenvalue weighted by atomic mass is 19.1. The van der Waals surface area contributed by atoms with E-state index in [1.165, 1.54) is 18.8 Å². The minimum absolute atomic E-state index is 0.0861. The second-order valence-corrected chi connectivity index (χ2v) is 10.6. The third-order valence-corrected chi connectivity index (χ3v) is 7.89. The van der Waals surface area contributed by atoms with Crippen molar-refractivity contribution in [2.45, 2.75) is 58.0 Å². The first-order valence-corrected chi connectivity index (χ1v) is 12.4. The molecule has 2 bridgehead atoms. The lowest BCUT2D eigenvalue weighted by Crippen LogP contribution is -2.47. The van der Waals surface area contributed by atoms with Gasteiger partial charge in [-0.3, -0.25) is 0 Å². The molecule has 1 aromatic rings. The molecule has 0 amide bonds. The van der Waals surface area contributed by atoms with Gasteiger partial charge in [-0.25, -0.2) is 14.2 Å². The van der Waals surface area contributed by atoms with Gasteiger partial charge in [-0.05, 0) is 68.6 Å². The number of fused-ring (bicyclic) bond motifs is 3. The third-order valence-electron chi connectivity index (χ3n) is 7.89. The molecule has 0 spiro atoms. The van der Waals surface area contributed by atoms with Crippen LogP contribution < -0.4 is 0 Å². The molecule has 0 fully saturated rings. The van der Waals surface area contributed by atoms with Gasteiger partial charge < -0.3 is 18.8 Å². The van der Waals surface area contributed by atoms with Gasteiger partial charge in [0.05, 0.1) is 12.0 Å². The highest BCUT2D eigenvalue weighted by Gasteiger charge is 2.53. The van der Waals surface area contributed by atoms with Crippen LogP contribution >= 0.6 is 0 Å². The maximum absolute atomic E-state index is 14.5. The van der Waals surface area contributed by atoms with Crippen molar-refractivity contribution in [3.63, 3.8) is 0 Å². The van der Waals surface area contributed by atoms with Gasteiger partial charge in [0.15, 0.2) is 0 Å². The van der Waals surface area contributed by atoms with Gasteiger partial charge in [0.2, 0.25) is 5.79 Å². The molecule has 0 radical (unpaired) electrons. The number of aryl methyl sites for hydroxylation is 1. The van der Waals surface area contributed by atoms with E-state index in [2.05, 4.69) is 31.8 Å². The first-order valence-electron chi connectivity index (χ1n) is 12.4. The Bertz CT molecular complexity index is 1070. The van der Waals surface area contributed by atoms with E-state index in [1.807, 2.05) is 36.9 Å². The minimum Gasteiger partial charge on any atom is -0.456 e. The van der Waals surface area contributed by atoms with Gasteiger partial charge in [0, 0.05) is 32.0 Å². The average Bonchev–Trinajstić information content (AvgIpc) is 3.41. The summed E-state index contributed by atoms with van der Waals surface area (Å²) < 4.78 is 34.6. The van der Waals surface area contributed by atoms with Crippen molar-refractivity contribution in [1.29, 1.82) is 0 Å². The molecule has 1 aliphatic carbocycles. The smallest absolute Gasteiger partial charge is 0.331 e. The molecule has 0 unspecified atom stereocenters. The molecule has 2 aliphatic heterocycles. The molecule has 6 nitrogen and oxygen atoms in total. The summed E-state index contributed by atoms with van der Waals surface area (Å²) in [6.45, 7) is 7.74. The summed E-state index contributed by atoms with van der Waals surface area (Å²) in [6, 6.07) is 0. The topological polar surface area (TPSA) is 62.6 Å². The fraction of sp³-hybridized carbons (Fsp3) is 0.571. The van der Waals surface area contributed by atoms with E-state index in [4.69, 9.17) is 14.2 Å². The summed E-state index contributed by atoms with van der Waals surface area (Å²) in [6.07, 6.45) is 15.4. The predicted molar refractivity (Wildman–Crippen MR) is 133 cm³/mol. The second-order valence-electron chi connectivity index (χ2n) is 10.6. The van der Waals surface area contributed by atoms with Crippen LogP contribution in [0.4, 0.5) is 4.39 Å². The largest absolute Gasteiger partial charge is 0.456 e. The standard InChI is InChI=1S/C28H37FN2O4/c1-18(2)22-9-7-19(3)23-14-25(34-26(32)10-8-21-16-31(5)17-30-21)27(4)11-12-28(33-6,35-27)20(15-29)13-24(22)23/h7-8,10-13,16-18,22-25H,9,14-15H2,1-6H3/b10-8+,20-13-/t22-,23+,24-,25+,27+,28-/m1/s1. The average molecular weight is 485 g/mol. The molecule has 0 saturated carbocycles. The highest BCUT2D eigenvalue weighted by molar-refractivity contribution is 5.86. The van der Waals surface area contributed by atoms with Crippen LogP contribution in [0, 0.1) is 23.7 Å². The minimum atomic E-state index is -1.32. The maximum atomic E-state index is 14.5. The summed E-state index contributed by atoms with van der Waals surface area (Å²) in [5.41, 5.74) is 1.41. The monoisotopic (exact) mass is 484 g/mol. The number of methoxy groups -OCH3 is 1. The van der Waals surface area contributed by atoms with Gasteiger partial charge in [-0.15, -0.1) is 0 Å². The highest BCUT2D eigenvalue weighted by Crippen LogP contribution is 2.49. The molecule has 1 aromatic heterocycles. The first-order chi connectivity index (χ1) is 16.6. The van der Waals surface area contributed by atoms with Crippen LogP contribution in [0.25, 0.3) is 6.08 Å². The summed E-state index contributed by atoms with van der Waals surface area (Å²) in [5, 5.41) is 0. The Kier molecular flexibility index (Phi) is 7.21. The number of carbonyl (C=O) groups is 1. The Hall–Kier alpha value is -2.51.